The lowest BCUT2D eigenvalue weighted by molar-refractivity contribution is 0.627. The molecule has 3 nitrogen and oxygen atoms in total. The maximum atomic E-state index is 12.8. The minimum atomic E-state index is -0.329. The second-order valence-electron chi connectivity index (χ2n) is 2.40. The van der Waals surface area contributed by atoms with Crippen molar-refractivity contribution in [3.8, 4) is 0 Å². The van der Waals surface area contributed by atoms with Gasteiger partial charge in [0.1, 0.15) is 5.82 Å². The Morgan fingerprint density at radius 2 is 2.36 bits per heavy atom. The van der Waals surface area contributed by atoms with Crippen molar-refractivity contribution in [2.45, 2.75) is 0 Å². The molecule has 0 saturated carbocycles. The topological polar surface area (TPSA) is 50.4 Å². The number of rotatable bonds is 2. The number of nitrogens with two attached hydrogens (primary N) is 1. The fourth-order valence-electron chi connectivity index (χ4n) is 0.779. The summed E-state index contributed by atoms with van der Waals surface area (Å²) in [7, 11) is 0. The van der Waals surface area contributed by atoms with E-state index in [0.717, 1.165) is 4.47 Å². The zero-order valence-corrected chi connectivity index (χ0v) is 9.40. The van der Waals surface area contributed by atoms with Gasteiger partial charge in [-0.1, -0.05) is 15.9 Å². The van der Waals surface area contributed by atoms with Gasteiger partial charge in [-0.05, 0) is 30.4 Å². The molecule has 0 saturated heterocycles. The first-order chi connectivity index (χ1) is 6.59. The number of halogens is 2. The molecule has 0 unspecified atom stereocenters. The van der Waals surface area contributed by atoms with Crippen molar-refractivity contribution in [3.05, 3.63) is 34.1 Å². The molecule has 0 radical (unpaired) electrons. The molecule has 0 heterocycles. The van der Waals surface area contributed by atoms with Gasteiger partial charge in [0.05, 0.1) is 6.21 Å². The van der Waals surface area contributed by atoms with Crippen molar-refractivity contribution in [1.82, 2.24) is 5.43 Å². The van der Waals surface area contributed by atoms with Crippen molar-refractivity contribution in [2.24, 2.45) is 10.8 Å². The van der Waals surface area contributed by atoms with Gasteiger partial charge in [0.2, 0.25) is 0 Å². The van der Waals surface area contributed by atoms with Crippen LogP contribution in [0.3, 0.4) is 0 Å². The third-order valence-electron chi connectivity index (χ3n) is 1.34. The molecule has 6 heteroatoms. The van der Waals surface area contributed by atoms with E-state index in [4.69, 9.17) is 5.73 Å². The largest absolute Gasteiger partial charge is 0.375 e. The molecule has 14 heavy (non-hydrogen) atoms. The zero-order chi connectivity index (χ0) is 10.6. The molecule has 1 rings (SSSR count). The molecule has 74 valence electrons. The normalized spacial score (nSPS) is 10.4. The quantitative estimate of drug-likeness (QED) is 0.491. The predicted molar refractivity (Wildman–Crippen MR) is 61.6 cm³/mol. The van der Waals surface area contributed by atoms with E-state index in [1.54, 1.807) is 6.07 Å². The van der Waals surface area contributed by atoms with Crippen molar-refractivity contribution in [1.29, 1.82) is 0 Å². The first kappa shape index (κ1) is 11.1. The summed E-state index contributed by atoms with van der Waals surface area (Å²) in [6.07, 6.45) is 1.42. The molecule has 1 aromatic rings. The summed E-state index contributed by atoms with van der Waals surface area (Å²) >= 11 is 7.78. The highest BCUT2D eigenvalue weighted by Crippen LogP contribution is 2.15. The third kappa shape index (κ3) is 3.39. The van der Waals surface area contributed by atoms with Crippen molar-refractivity contribution in [2.75, 3.05) is 0 Å². The van der Waals surface area contributed by atoms with Gasteiger partial charge >= 0.3 is 0 Å². The maximum Gasteiger partial charge on any atom is 0.184 e. The summed E-state index contributed by atoms with van der Waals surface area (Å²) in [5, 5.41) is 3.77. The molecule has 0 aromatic heterocycles. The Kier molecular flexibility index (Phi) is 3.97. The molecule has 0 aliphatic rings. The van der Waals surface area contributed by atoms with Crippen molar-refractivity contribution in [3.63, 3.8) is 0 Å². The van der Waals surface area contributed by atoms with Crippen LogP contribution in [0.1, 0.15) is 5.56 Å². The van der Waals surface area contributed by atoms with E-state index >= 15 is 0 Å². The van der Waals surface area contributed by atoms with E-state index in [1.165, 1.54) is 18.3 Å². The van der Waals surface area contributed by atoms with Crippen LogP contribution in [0.4, 0.5) is 4.39 Å². The Balaban J connectivity index is 2.80. The van der Waals surface area contributed by atoms with Gasteiger partial charge in [0.15, 0.2) is 5.11 Å². The number of hydrogen-bond donors (Lipinski definition) is 2. The van der Waals surface area contributed by atoms with Gasteiger partial charge in [0, 0.05) is 10.0 Å². The monoisotopic (exact) mass is 275 g/mol. The summed E-state index contributed by atoms with van der Waals surface area (Å²) in [5.74, 6) is -0.329. The van der Waals surface area contributed by atoms with Crippen molar-refractivity contribution >= 4 is 39.5 Å². The Morgan fingerprint density at radius 1 is 1.64 bits per heavy atom. The van der Waals surface area contributed by atoms with Crippen LogP contribution in [-0.2, 0) is 0 Å². The predicted octanol–water partition coefficient (Wildman–Crippen LogP) is 1.76. The Hall–Kier alpha value is -1.01. The smallest absolute Gasteiger partial charge is 0.184 e. The molecule has 3 N–H and O–H groups in total. The fourth-order valence-corrected chi connectivity index (χ4v) is 1.18. The highest BCUT2D eigenvalue weighted by molar-refractivity contribution is 9.10. The highest BCUT2D eigenvalue weighted by atomic mass is 79.9. The zero-order valence-electron chi connectivity index (χ0n) is 7.00. The van der Waals surface area contributed by atoms with Gasteiger partial charge in [-0.2, -0.15) is 5.10 Å². The van der Waals surface area contributed by atoms with Gasteiger partial charge in [-0.3, -0.25) is 5.43 Å². The Labute approximate surface area is 94.3 Å². The van der Waals surface area contributed by atoms with E-state index in [0.29, 0.717) is 5.56 Å². The minimum Gasteiger partial charge on any atom is -0.375 e. The summed E-state index contributed by atoms with van der Waals surface area (Å²) in [6, 6.07) is 4.29. The van der Waals surface area contributed by atoms with Crippen LogP contribution in [-0.4, -0.2) is 11.3 Å². The SMILES string of the molecule is NC(=S)N/N=C/c1cc(F)ccc1Br. The van der Waals surface area contributed by atoms with Gasteiger partial charge in [0.25, 0.3) is 0 Å². The molecule has 0 fully saturated rings. The first-order valence-corrected chi connectivity index (χ1v) is 4.83. The van der Waals surface area contributed by atoms with E-state index in [9.17, 15) is 4.39 Å². The molecule has 0 aliphatic heterocycles. The molecular weight excluding hydrogens is 269 g/mol. The van der Waals surface area contributed by atoms with Crippen LogP contribution in [0, 0.1) is 5.82 Å². The van der Waals surface area contributed by atoms with Crippen LogP contribution in [0.25, 0.3) is 0 Å². The molecule has 1 aromatic carbocycles. The molecular formula is C8H7BrFN3S. The van der Waals surface area contributed by atoms with E-state index < -0.39 is 0 Å². The average molecular weight is 276 g/mol. The maximum absolute atomic E-state index is 12.8. The summed E-state index contributed by atoms with van der Waals surface area (Å²) < 4.78 is 13.5. The molecule has 0 amide bonds. The number of benzene rings is 1. The number of nitrogens with zero attached hydrogens (tertiary/aromatic N) is 1. The summed E-state index contributed by atoms with van der Waals surface area (Å²) in [6.45, 7) is 0. The number of thiocarbonyl (C=S) groups is 1. The van der Waals surface area contributed by atoms with Crippen LogP contribution >= 0.6 is 28.1 Å². The van der Waals surface area contributed by atoms with E-state index in [1.807, 2.05) is 0 Å². The summed E-state index contributed by atoms with van der Waals surface area (Å²) in [4.78, 5) is 0. The van der Waals surface area contributed by atoms with Gasteiger partial charge < -0.3 is 5.73 Å². The lowest BCUT2D eigenvalue weighted by Crippen LogP contribution is -2.24. The summed E-state index contributed by atoms with van der Waals surface area (Å²) in [5.41, 5.74) is 8.13. The third-order valence-corrected chi connectivity index (χ3v) is 2.15. The minimum absolute atomic E-state index is 0.0637. The van der Waals surface area contributed by atoms with Gasteiger partial charge in [-0.15, -0.1) is 0 Å². The number of nitrogens with one attached hydrogen (secondary N) is 1. The van der Waals surface area contributed by atoms with Crippen molar-refractivity contribution < 1.29 is 4.39 Å². The second-order valence-corrected chi connectivity index (χ2v) is 3.69. The molecule has 0 spiro atoms. The highest BCUT2D eigenvalue weighted by Gasteiger charge is 1.98. The lowest BCUT2D eigenvalue weighted by atomic mass is 10.2. The molecule has 0 atom stereocenters. The van der Waals surface area contributed by atoms with E-state index in [-0.39, 0.29) is 10.9 Å². The lowest BCUT2D eigenvalue weighted by Gasteiger charge is -1.98. The first-order valence-electron chi connectivity index (χ1n) is 3.63. The van der Waals surface area contributed by atoms with Gasteiger partial charge in [-0.25, -0.2) is 4.39 Å². The Morgan fingerprint density at radius 3 is 3.00 bits per heavy atom. The van der Waals surface area contributed by atoms with Crippen LogP contribution in [0.15, 0.2) is 27.8 Å². The number of hydrazone groups is 1. The van der Waals surface area contributed by atoms with Crippen LogP contribution in [0.5, 0.6) is 0 Å². The fraction of sp³-hybridized carbons (Fsp3) is 0. The van der Waals surface area contributed by atoms with Crippen LogP contribution in [0.2, 0.25) is 0 Å². The van der Waals surface area contributed by atoms with E-state index in [2.05, 4.69) is 38.7 Å². The average Bonchev–Trinajstić information content (AvgIpc) is 2.10. The number of hydrogen-bond acceptors (Lipinski definition) is 2. The standard InChI is InChI=1S/C8H7BrFN3S/c9-7-2-1-6(10)3-5(7)4-12-13-8(11)14/h1-4H,(H3,11,13,14)/b12-4+. The van der Waals surface area contributed by atoms with Crippen LogP contribution < -0.4 is 11.2 Å². The molecule has 0 bridgehead atoms. The second kappa shape index (κ2) is 5.02. The Bertz CT molecular complexity index is 381. The molecule has 0 aliphatic carbocycles.